The van der Waals surface area contributed by atoms with Gasteiger partial charge in [0.25, 0.3) is 0 Å². The van der Waals surface area contributed by atoms with Crippen molar-refractivity contribution in [3.05, 3.63) is 59.6 Å². The van der Waals surface area contributed by atoms with Crippen molar-refractivity contribution in [1.29, 1.82) is 0 Å². The van der Waals surface area contributed by atoms with Gasteiger partial charge in [-0.3, -0.25) is 4.79 Å². The van der Waals surface area contributed by atoms with Crippen LogP contribution in [0.15, 0.2) is 53.9 Å². The van der Waals surface area contributed by atoms with E-state index in [1.165, 1.54) is 11.3 Å². The molecule has 0 bridgehead atoms. The molecule has 0 aliphatic heterocycles. The summed E-state index contributed by atoms with van der Waals surface area (Å²) in [5, 5.41) is 5.67. The molecular formula is C19H18N2O3S. The number of methoxy groups -OCH3 is 2. The highest BCUT2D eigenvalue weighted by Crippen LogP contribution is 2.26. The fourth-order valence-corrected chi connectivity index (χ4v) is 3.18. The van der Waals surface area contributed by atoms with Crippen LogP contribution in [-0.4, -0.2) is 25.1 Å². The number of carbonyl (C=O) groups excluding carboxylic acids is 1. The Kier molecular flexibility index (Phi) is 5.30. The molecule has 0 saturated carbocycles. The molecule has 1 N–H and O–H groups in total. The summed E-state index contributed by atoms with van der Waals surface area (Å²) in [7, 11) is 3.14. The number of nitrogens with zero attached hydrogens (tertiary/aromatic N) is 1. The van der Waals surface area contributed by atoms with Gasteiger partial charge < -0.3 is 14.8 Å². The van der Waals surface area contributed by atoms with Crippen molar-refractivity contribution in [1.82, 2.24) is 4.98 Å². The molecule has 0 radical (unpaired) electrons. The maximum atomic E-state index is 12.3. The molecule has 6 heteroatoms. The number of hydrogen-bond acceptors (Lipinski definition) is 5. The highest BCUT2D eigenvalue weighted by atomic mass is 32.1. The zero-order chi connectivity index (χ0) is 17.6. The van der Waals surface area contributed by atoms with Crippen molar-refractivity contribution in [2.24, 2.45) is 0 Å². The molecule has 0 fully saturated rings. The van der Waals surface area contributed by atoms with Gasteiger partial charge in [-0.05, 0) is 0 Å². The predicted octanol–water partition coefficient (Wildman–Crippen LogP) is 4.01. The molecule has 0 atom stereocenters. The minimum absolute atomic E-state index is 0.139. The summed E-state index contributed by atoms with van der Waals surface area (Å²) in [6.45, 7) is 0. The number of nitrogens with one attached hydrogen (secondary N) is 1. The zero-order valence-corrected chi connectivity index (χ0v) is 14.8. The largest absolute Gasteiger partial charge is 0.497 e. The van der Waals surface area contributed by atoms with Crippen LogP contribution in [0, 0.1) is 0 Å². The number of thiazole rings is 1. The Morgan fingerprint density at radius 1 is 1.08 bits per heavy atom. The van der Waals surface area contributed by atoms with Gasteiger partial charge in [-0.1, -0.05) is 30.3 Å². The third kappa shape index (κ3) is 4.36. The van der Waals surface area contributed by atoms with Gasteiger partial charge in [-0.2, -0.15) is 0 Å². The second-order valence-corrected chi connectivity index (χ2v) is 6.19. The van der Waals surface area contributed by atoms with E-state index in [0.29, 0.717) is 17.2 Å². The average Bonchev–Trinajstić information content (AvgIpc) is 3.10. The number of ether oxygens (including phenoxy) is 2. The maximum absolute atomic E-state index is 12.3. The molecule has 5 nitrogen and oxygen atoms in total. The van der Waals surface area contributed by atoms with E-state index in [4.69, 9.17) is 9.47 Å². The van der Waals surface area contributed by atoms with E-state index in [2.05, 4.69) is 10.3 Å². The van der Waals surface area contributed by atoms with Gasteiger partial charge in [0.2, 0.25) is 5.91 Å². The number of aromatic nitrogens is 1. The highest BCUT2D eigenvalue weighted by Gasteiger charge is 2.10. The lowest BCUT2D eigenvalue weighted by Gasteiger charge is -2.09. The van der Waals surface area contributed by atoms with Crippen LogP contribution >= 0.6 is 11.3 Å². The first-order chi connectivity index (χ1) is 12.2. The molecule has 0 aliphatic rings. The van der Waals surface area contributed by atoms with Crippen LogP contribution in [0.1, 0.15) is 5.69 Å². The number of hydrogen-bond donors (Lipinski definition) is 1. The van der Waals surface area contributed by atoms with Crippen molar-refractivity contribution in [3.8, 4) is 22.1 Å². The van der Waals surface area contributed by atoms with E-state index in [1.807, 2.05) is 35.7 Å². The first-order valence-electron chi connectivity index (χ1n) is 7.70. The summed E-state index contributed by atoms with van der Waals surface area (Å²) in [6, 6.07) is 15.2. The summed E-state index contributed by atoms with van der Waals surface area (Å²) in [6.07, 6.45) is 0.211. The lowest BCUT2D eigenvalue weighted by molar-refractivity contribution is -0.115. The normalized spacial score (nSPS) is 10.3. The average molecular weight is 354 g/mol. The molecule has 1 amide bonds. The number of anilines is 1. The Labute approximate surface area is 150 Å². The molecule has 0 unspecified atom stereocenters. The summed E-state index contributed by atoms with van der Waals surface area (Å²) < 4.78 is 10.4. The molecular weight excluding hydrogens is 336 g/mol. The van der Waals surface area contributed by atoms with E-state index in [1.54, 1.807) is 32.4 Å². The fourth-order valence-electron chi connectivity index (χ4n) is 2.35. The second-order valence-electron chi connectivity index (χ2n) is 5.34. The van der Waals surface area contributed by atoms with Crippen LogP contribution in [0.5, 0.6) is 11.5 Å². The molecule has 2 aromatic carbocycles. The third-order valence-electron chi connectivity index (χ3n) is 3.55. The Morgan fingerprint density at radius 3 is 2.40 bits per heavy atom. The summed E-state index contributed by atoms with van der Waals surface area (Å²) >= 11 is 1.53. The highest BCUT2D eigenvalue weighted by molar-refractivity contribution is 7.13. The lowest BCUT2D eigenvalue weighted by atomic mass is 10.2. The van der Waals surface area contributed by atoms with E-state index in [9.17, 15) is 4.79 Å². The Morgan fingerprint density at radius 2 is 1.76 bits per heavy atom. The molecule has 128 valence electrons. The smallest absolute Gasteiger partial charge is 0.230 e. The number of rotatable bonds is 6. The van der Waals surface area contributed by atoms with Gasteiger partial charge in [0.15, 0.2) is 0 Å². The van der Waals surface area contributed by atoms with E-state index >= 15 is 0 Å². The van der Waals surface area contributed by atoms with Gasteiger partial charge in [-0.25, -0.2) is 4.98 Å². The van der Waals surface area contributed by atoms with Crippen LogP contribution in [0.4, 0.5) is 5.69 Å². The third-order valence-corrected chi connectivity index (χ3v) is 4.49. The topological polar surface area (TPSA) is 60.5 Å². The maximum Gasteiger partial charge on any atom is 0.230 e. The standard InChI is InChI=1S/C19H18N2O3S/c1-23-16-8-14(9-17(11-16)24-2)20-18(22)10-15-12-25-19(21-15)13-6-4-3-5-7-13/h3-9,11-12H,10H2,1-2H3,(H,20,22). The first-order valence-corrected chi connectivity index (χ1v) is 8.58. The minimum atomic E-state index is -0.139. The van der Waals surface area contributed by atoms with E-state index < -0.39 is 0 Å². The Hall–Kier alpha value is -2.86. The predicted molar refractivity (Wildman–Crippen MR) is 99.4 cm³/mol. The fraction of sp³-hybridized carbons (Fsp3) is 0.158. The molecule has 0 spiro atoms. The number of benzene rings is 2. The lowest BCUT2D eigenvalue weighted by Crippen LogP contribution is -2.14. The SMILES string of the molecule is COc1cc(NC(=O)Cc2csc(-c3ccccc3)n2)cc(OC)c1. The quantitative estimate of drug-likeness (QED) is 0.727. The minimum Gasteiger partial charge on any atom is -0.497 e. The van der Waals surface area contributed by atoms with Crippen molar-refractivity contribution >= 4 is 22.9 Å². The summed E-state index contributed by atoms with van der Waals surface area (Å²) in [5.41, 5.74) is 2.42. The van der Waals surface area contributed by atoms with Gasteiger partial charge in [0.05, 0.1) is 26.3 Å². The Bertz CT molecular complexity index is 840. The summed E-state index contributed by atoms with van der Waals surface area (Å²) in [5.74, 6) is 1.10. The van der Waals surface area contributed by atoms with E-state index in [0.717, 1.165) is 16.3 Å². The monoisotopic (exact) mass is 354 g/mol. The molecule has 0 saturated heterocycles. The first kappa shape index (κ1) is 17.0. The van der Waals surface area contributed by atoms with Gasteiger partial charge >= 0.3 is 0 Å². The van der Waals surface area contributed by atoms with Crippen LogP contribution in [0.3, 0.4) is 0 Å². The number of amides is 1. The molecule has 3 aromatic rings. The molecule has 1 heterocycles. The van der Waals surface area contributed by atoms with Crippen molar-refractivity contribution < 1.29 is 14.3 Å². The molecule has 1 aromatic heterocycles. The van der Waals surface area contributed by atoms with Crippen LogP contribution in [0.2, 0.25) is 0 Å². The van der Waals surface area contributed by atoms with Gasteiger partial charge in [0.1, 0.15) is 16.5 Å². The van der Waals surface area contributed by atoms with Gasteiger partial charge in [-0.15, -0.1) is 11.3 Å². The van der Waals surface area contributed by atoms with Crippen LogP contribution in [-0.2, 0) is 11.2 Å². The van der Waals surface area contributed by atoms with Gasteiger partial charge in [0, 0.05) is 34.8 Å². The molecule has 3 rings (SSSR count). The van der Waals surface area contributed by atoms with Crippen molar-refractivity contribution in [2.75, 3.05) is 19.5 Å². The second kappa shape index (κ2) is 7.81. The Balaban J connectivity index is 1.68. The van der Waals surface area contributed by atoms with Crippen LogP contribution < -0.4 is 14.8 Å². The molecule has 0 aliphatic carbocycles. The molecule has 25 heavy (non-hydrogen) atoms. The van der Waals surface area contributed by atoms with Crippen molar-refractivity contribution in [3.63, 3.8) is 0 Å². The zero-order valence-electron chi connectivity index (χ0n) is 14.0. The van der Waals surface area contributed by atoms with Crippen LogP contribution in [0.25, 0.3) is 10.6 Å². The van der Waals surface area contributed by atoms with Crippen molar-refractivity contribution in [2.45, 2.75) is 6.42 Å². The number of carbonyl (C=O) groups is 1. The van der Waals surface area contributed by atoms with E-state index in [-0.39, 0.29) is 12.3 Å². The summed E-state index contributed by atoms with van der Waals surface area (Å²) in [4.78, 5) is 16.8.